The summed E-state index contributed by atoms with van der Waals surface area (Å²) < 4.78 is 32.1. The molecule has 1 aromatic heterocycles. The van der Waals surface area contributed by atoms with E-state index in [1.165, 1.54) is 0 Å². The minimum Gasteiger partial charge on any atom is -0.458 e. The van der Waals surface area contributed by atoms with Crippen molar-refractivity contribution in [1.82, 2.24) is 5.32 Å². The summed E-state index contributed by atoms with van der Waals surface area (Å²) in [5.41, 5.74) is 0.545. The molecule has 0 spiro atoms. The van der Waals surface area contributed by atoms with E-state index in [9.17, 15) is 8.78 Å². The van der Waals surface area contributed by atoms with Crippen molar-refractivity contribution < 1.29 is 13.2 Å². The van der Waals surface area contributed by atoms with Gasteiger partial charge >= 0.3 is 0 Å². The van der Waals surface area contributed by atoms with Gasteiger partial charge in [-0.3, -0.25) is 0 Å². The van der Waals surface area contributed by atoms with E-state index in [1.807, 2.05) is 27.7 Å². The van der Waals surface area contributed by atoms with Crippen LogP contribution < -0.4 is 5.32 Å². The first-order valence-electron chi connectivity index (χ1n) is 6.71. The smallest absolute Gasteiger partial charge is 0.172 e. The maximum atomic E-state index is 14.0. The molecule has 2 aromatic rings. The summed E-state index contributed by atoms with van der Waals surface area (Å²) in [6, 6.07) is 3.35. The third-order valence-electron chi connectivity index (χ3n) is 2.79. The topological polar surface area (TPSA) is 25.2 Å². The van der Waals surface area contributed by atoms with Crippen LogP contribution in [0.5, 0.6) is 0 Å². The number of nitrogens with one attached hydrogen (secondary N) is 1. The highest BCUT2D eigenvalue weighted by atomic mass is 19.1. The molecule has 0 fully saturated rings. The summed E-state index contributed by atoms with van der Waals surface area (Å²) in [5.74, 6) is -0.985. The van der Waals surface area contributed by atoms with Gasteiger partial charge < -0.3 is 9.73 Å². The maximum absolute atomic E-state index is 14.0. The van der Waals surface area contributed by atoms with Gasteiger partial charge in [-0.25, -0.2) is 8.78 Å². The van der Waals surface area contributed by atoms with Gasteiger partial charge in [0.25, 0.3) is 0 Å². The second-order valence-electron chi connectivity index (χ2n) is 4.16. The van der Waals surface area contributed by atoms with Crippen molar-refractivity contribution in [2.75, 3.05) is 6.54 Å². The average molecular weight is 269 g/mol. The molecule has 0 amide bonds. The van der Waals surface area contributed by atoms with Gasteiger partial charge in [0, 0.05) is 6.04 Å². The highest BCUT2D eigenvalue weighted by Crippen LogP contribution is 2.25. The van der Waals surface area contributed by atoms with Crippen LogP contribution in [0.1, 0.15) is 33.3 Å². The van der Waals surface area contributed by atoms with Crippen molar-refractivity contribution >= 4 is 11.0 Å². The number of benzene rings is 1. The SMILES string of the molecule is CC.CCNC(C)Cc1ccc2c(F)coc2c1F. The van der Waals surface area contributed by atoms with Crippen molar-refractivity contribution in [3.63, 3.8) is 0 Å². The van der Waals surface area contributed by atoms with Crippen molar-refractivity contribution in [1.29, 1.82) is 0 Å². The van der Waals surface area contributed by atoms with Crippen LogP contribution in [0, 0.1) is 11.6 Å². The van der Waals surface area contributed by atoms with E-state index in [0.29, 0.717) is 12.0 Å². The first-order chi connectivity index (χ1) is 9.13. The molecule has 0 aliphatic heterocycles. The summed E-state index contributed by atoms with van der Waals surface area (Å²) in [6.45, 7) is 8.81. The fourth-order valence-corrected chi connectivity index (χ4v) is 1.98. The van der Waals surface area contributed by atoms with Crippen LogP contribution in [0.2, 0.25) is 0 Å². The second-order valence-corrected chi connectivity index (χ2v) is 4.16. The molecule has 0 bridgehead atoms. The van der Waals surface area contributed by atoms with E-state index in [4.69, 9.17) is 4.42 Å². The van der Waals surface area contributed by atoms with Gasteiger partial charge in [0.1, 0.15) is 6.26 Å². The Balaban J connectivity index is 0.000000861. The molecular formula is C15H21F2NO. The largest absolute Gasteiger partial charge is 0.458 e. The van der Waals surface area contributed by atoms with Crippen LogP contribution in [0.4, 0.5) is 8.78 Å². The van der Waals surface area contributed by atoms with Crippen molar-refractivity contribution in [3.8, 4) is 0 Å². The van der Waals surface area contributed by atoms with Gasteiger partial charge in [-0.05, 0) is 31.5 Å². The van der Waals surface area contributed by atoms with Gasteiger partial charge in [0.05, 0.1) is 5.39 Å². The van der Waals surface area contributed by atoms with Crippen molar-refractivity contribution in [2.45, 2.75) is 40.2 Å². The lowest BCUT2D eigenvalue weighted by atomic mass is 10.0. The maximum Gasteiger partial charge on any atom is 0.172 e. The molecular weight excluding hydrogens is 248 g/mol. The Morgan fingerprint density at radius 1 is 1.26 bits per heavy atom. The fourth-order valence-electron chi connectivity index (χ4n) is 1.98. The molecule has 1 atom stereocenters. The molecule has 1 unspecified atom stereocenters. The number of hydrogen-bond donors (Lipinski definition) is 1. The van der Waals surface area contributed by atoms with Crippen LogP contribution in [0.15, 0.2) is 22.8 Å². The summed E-state index contributed by atoms with van der Waals surface area (Å²) in [7, 11) is 0. The third kappa shape index (κ3) is 3.53. The number of hydrogen-bond acceptors (Lipinski definition) is 2. The molecule has 0 aliphatic rings. The highest BCUT2D eigenvalue weighted by molar-refractivity contribution is 5.79. The Morgan fingerprint density at radius 2 is 1.95 bits per heavy atom. The summed E-state index contributed by atoms with van der Waals surface area (Å²) in [5, 5.41) is 3.40. The minimum absolute atomic E-state index is 0.00342. The van der Waals surface area contributed by atoms with E-state index in [-0.39, 0.29) is 17.0 Å². The molecule has 2 nitrogen and oxygen atoms in total. The van der Waals surface area contributed by atoms with Crippen molar-refractivity contribution in [2.24, 2.45) is 0 Å². The van der Waals surface area contributed by atoms with Gasteiger partial charge in [0.2, 0.25) is 0 Å². The quantitative estimate of drug-likeness (QED) is 0.896. The molecule has 106 valence electrons. The minimum atomic E-state index is -0.523. The molecule has 2 rings (SSSR count). The third-order valence-corrected chi connectivity index (χ3v) is 2.79. The average Bonchev–Trinajstić information content (AvgIpc) is 2.78. The second kappa shape index (κ2) is 7.24. The van der Waals surface area contributed by atoms with Gasteiger partial charge in [-0.15, -0.1) is 0 Å². The molecule has 0 radical (unpaired) electrons. The van der Waals surface area contributed by atoms with Crippen LogP contribution in [0.25, 0.3) is 11.0 Å². The zero-order valence-electron chi connectivity index (χ0n) is 11.9. The lowest BCUT2D eigenvalue weighted by Gasteiger charge is -2.12. The lowest BCUT2D eigenvalue weighted by Crippen LogP contribution is -2.27. The number of fused-ring (bicyclic) bond motifs is 1. The summed E-state index contributed by atoms with van der Waals surface area (Å²) in [6.07, 6.45) is 1.49. The Morgan fingerprint density at radius 3 is 2.58 bits per heavy atom. The molecule has 1 aromatic carbocycles. The van der Waals surface area contributed by atoms with Gasteiger partial charge in [0.15, 0.2) is 17.2 Å². The van der Waals surface area contributed by atoms with Crippen molar-refractivity contribution in [3.05, 3.63) is 35.6 Å². The molecule has 4 heteroatoms. The zero-order chi connectivity index (χ0) is 14.4. The number of likely N-dealkylation sites (N-methyl/N-ethyl adjacent to an activating group) is 1. The Kier molecular flexibility index (Phi) is 5.96. The Bertz CT molecular complexity index is 522. The van der Waals surface area contributed by atoms with E-state index < -0.39 is 11.6 Å². The first kappa shape index (κ1) is 15.6. The van der Waals surface area contributed by atoms with Crippen LogP contribution in [-0.4, -0.2) is 12.6 Å². The van der Waals surface area contributed by atoms with E-state index in [2.05, 4.69) is 5.32 Å². The Labute approximate surface area is 112 Å². The predicted octanol–water partition coefficient (Wildman–Crippen LogP) is 4.28. The molecule has 19 heavy (non-hydrogen) atoms. The number of rotatable bonds is 4. The molecule has 1 heterocycles. The standard InChI is InChI=1S/C13H15F2NO.C2H6/c1-3-16-8(2)6-9-4-5-10-11(14)7-17-13(10)12(9)15;1-2/h4-5,7-8,16H,3,6H2,1-2H3;1-2H3. The molecule has 0 saturated carbocycles. The van der Waals surface area contributed by atoms with Crippen LogP contribution >= 0.6 is 0 Å². The normalized spacial score (nSPS) is 12.1. The number of halogens is 2. The highest BCUT2D eigenvalue weighted by Gasteiger charge is 2.15. The molecule has 1 N–H and O–H groups in total. The lowest BCUT2D eigenvalue weighted by molar-refractivity contribution is 0.518. The van der Waals surface area contributed by atoms with Gasteiger partial charge in [-0.2, -0.15) is 0 Å². The van der Waals surface area contributed by atoms with E-state index in [1.54, 1.807) is 12.1 Å². The van der Waals surface area contributed by atoms with E-state index in [0.717, 1.165) is 12.8 Å². The predicted molar refractivity (Wildman–Crippen MR) is 74.3 cm³/mol. The van der Waals surface area contributed by atoms with Gasteiger partial charge in [-0.1, -0.05) is 26.8 Å². The zero-order valence-corrected chi connectivity index (χ0v) is 11.9. The summed E-state index contributed by atoms with van der Waals surface area (Å²) in [4.78, 5) is 0. The summed E-state index contributed by atoms with van der Waals surface area (Å²) >= 11 is 0. The number of furan rings is 1. The fraction of sp³-hybridized carbons (Fsp3) is 0.467. The first-order valence-corrected chi connectivity index (χ1v) is 6.71. The monoisotopic (exact) mass is 269 g/mol. The molecule has 0 aliphatic carbocycles. The van der Waals surface area contributed by atoms with E-state index >= 15 is 0 Å². The Hall–Kier alpha value is -1.42. The molecule has 0 saturated heterocycles. The van der Waals surface area contributed by atoms with Crippen LogP contribution in [0.3, 0.4) is 0 Å². The van der Waals surface area contributed by atoms with Crippen LogP contribution in [-0.2, 0) is 6.42 Å².